The zero-order chi connectivity index (χ0) is 14.5. The van der Waals surface area contributed by atoms with Crippen LogP contribution in [0.1, 0.15) is 26.7 Å². The van der Waals surface area contributed by atoms with Crippen LogP contribution in [0.5, 0.6) is 5.75 Å². The molecular formula is C15H20N2O3. The van der Waals surface area contributed by atoms with Gasteiger partial charge in [0, 0.05) is 0 Å². The summed E-state index contributed by atoms with van der Waals surface area (Å²) in [4.78, 5) is 25.8. The summed E-state index contributed by atoms with van der Waals surface area (Å²) in [5, 5.41) is 2.75. The van der Waals surface area contributed by atoms with E-state index in [0.717, 1.165) is 6.42 Å². The molecule has 0 aliphatic carbocycles. The van der Waals surface area contributed by atoms with Crippen molar-refractivity contribution >= 4 is 17.5 Å². The lowest BCUT2D eigenvalue weighted by molar-refractivity contribution is -0.131. The number of benzene rings is 1. The number of nitrogens with one attached hydrogen (secondary N) is 1. The summed E-state index contributed by atoms with van der Waals surface area (Å²) in [5.41, 5.74) is 0.662. The lowest BCUT2D eigenvalue weighted by Crippen LogP contribution is -2.58. The molecule has 20 heavy (non-hydrogen) atoms. The summed E-state index contributed by atoms with van der Waals surface area (Å²) < 4.78 is 5.54. The molecule has 1 aliphatic heterocycles. The van der Waals surface area contributed by atoms with Crippen LogP contribution in [0.2, 0.25) is 0 Å². The molecule has 5 nitrogen and oxygen atoms in total. The van der Waals surface area contributed by atoms with E-state index < -0.39 is 6.04 Å². The third-order valence-electron chi connectivity index (χ3n) is 3.23. The Morgan fingerprint density at radius 2 is 2.05 bits per heavy atom. The van der Waals surface area contributed by atoms with Crippen LogP contribution in [0.3, 0.4) is 0 Å². The van der Waals surface area contributed by atoms with Crippen LogP contribution in [-0.2, 0) is 9.59 Å². The van der Waals surface area contributed by atoms with E-state index in [1.54, 1.807) is 0 Å². The number of carbonyl (C=O) groups is 2. The average molecular weight is 276 g/mol. The molecule has 1 aromatic carbocycles. The highest BCUT2D eigenvalue weighted by Gasteiger charge is 2.33. The van der Waals surface area contributed by atoms with E-state index in [2.05, 4.69) is 5.32 Å². The Bertz CT molecular complexity index is 502. The molecule has 1 heterocycles. The standard InChI is InChI=1S/C15H20N2O3/c1-3-7-11-15(19)17(10-14(18)16-11)12-8-5-6-9-13(12)20-4-2/h5-6,8-9,11H,3-4,7,10H2,1-2H3,(H,16,18). The van der Waals surface area contributed by atoms with Crippen molar-refractivity contribution in [2.45, 2.75) is 32.7 Å². The van der Waals surface area contributed by atoms with Gasteiger partial charge in [-0.3, -0.25) is 14.5 Å². The molecule has 2 amide bonds. The minimum absolute atomic E-state index is 0.0448. The first-order chi connectivity index (χ1) is 9.67. The van der Waals surface area contributed by atoms with Gasteiger partial charge in [0.15, 0.2) is 0 Å². The van der Waals surface area contributed by atoms with Crippen LogP contribution < -0.4 is 15.0 Å². The molecule has 2 rings (SSSR count). The first-order valence-corrected chi connectivity index (χ1v) is 7.00. The summed E-state index contributed by atoms with van der Waals surface area (Å²) in [7, 11) is 0. The second-order valence-electron chi connectivity index (χ2n) is 4.73. The normalized spacial score (nSPS) is 18.9. The zero-order valence-corrected chi connectivity index (χ0v) is 11.9. The van der Waals surface area contributed by atoms with Gasteiger partial charge >= 0.3 is 0 Å². The minimum atomic E-state index is -0.434. The van der Waals surface area contributed by atoms with Gasteiger partial charge in [0.25, 0.3) is 0 Å². The first kappa shape index (κ1) is 14.4. The van der Waals surface area contributed by atoms with E-state index in [0.29, 0.717) is 24.5 Å². The van der Waals surface area contributed by atoms with Crippen molar-refractivity contribution in [3.8, 4) is 5.75 Å². The third kappa shape index (κ3) is 2.92. The Kier molecular flexibility index (Phi) is 4.61. The Morgan fingerprint density at radius 3 is 2.75 bits per heavy atom. The van der Waals surface area contributed by atoms with Gasteiger partial charge in [-0.1, -0.05) is 25.5 Å². The van der Waals surface area contributed by atoms with Gasteiger partial charge in [-0.2, -0.15) is 0 Å². The highest BCUT2D eigenvalue weighted by Crippen LogP contribution is 2.29. The number of nitrogens with zero attached hydrogens (tertiary/aromatic N) is 1. The number of anilines is 1. The van der Waals surface area contributed by atoms with Crippen LogP contribution in [0.25, 0.3) is 0 Å². The lowest BCUT2D eigenvalue weighted by Gasteiger charge is -2.33. The number of ether oxygens (including phenoxy) is 1. The number of para-hydroxylation sites is 2. The van der Waals surface area contributed by atoms with Crippen molar-refractivity contribution in [3.63, 3.8) is 0 Å². The largest absolute Gasteiger partial charge is 0.492 e. The fraction of sp³-hybridized carbons (Fsp3) is 0.467. The number of hydrogen-bond donors (Lipinski definition) is 1. The highest BCUT2D eigenvalue weighted by molar-refractivity contribution is 6.07. The van der Waals surface area contributed by atoms with Crippen LogP contribution in [-0.4, -0.2) is 31.0 Å². The molecule has 1 aliphatic rings. The maximum Gasteiger partial charge on any atom is 0.250 e. The fourth-order valence-corrected chi connectivity index (χ4v) is 2.36. The summed E-state index contributed by atoms with van der Waals surface area (Å²) in [6.07, 6.45) is 1.50. The van der Waals surface area contributed by atoms with E-state index in [9.17, 15) is 9.59 Å². The van der Waals surface area contributed by atoms with Crippen molar-refractivity contribution in [1.82, 2.24) is 5.32 Å². The van der Waals surface area contributed by atoms with Crippen molar-refractivity contribution in [1.29, 1.82) is 0 Å². The Morgan fingerprint density at radius 1 is 1.30 bits per heavy atom. The number of piperazine rings is 1. The number of carbonyl (C=O) groups excluding carboxylic acids is 2. The molecule has 0 aromatic heterocycles. The van der Waals surface area contributed by atoms with Gasteiger partial charge in [0.2, 0.25) is 11.8 Å². The molecule has 0 radical (unpaired) electrons. The molecule has 1 N–H and O–H groups in total. The summed E-state index contributed by atoms with van der Waals surface area (Å²) in [6.45, 7) is 4.45. The number of hydrogen-bond acceptors (Lipinski definition) is 3. The van der Waals surface area contributed by atoms with Crippen molar-refractivity contribution < 1.29 is 14.3 Å². The molecule has 1 atom stereocenters. The average Bonchev–Trinajstić information content (AvgIpc) is 2.44. The second kappa shape index (κ2) is 6.41. The van der Waals surface area contributed by atoms with Crippen LogP contribution in [0, 0.1) is 0 Å². The van der Waals surface area contributed by atoms with E-state index >= 15 is 0 Å². The quantitative estimate of drug-likeness (QED) is 0.890. The van der Waals surface area contributed by atoms with Crippen molar-refractivity contribution in [3.05, 3.63) is 24.3 Å². The smallest absolute Gasteiger partial charge is 0.250 e. The van der Waals surface area contributed by atoms with Gasteiger partial charge in [0.05, 0.1) is 12.3 Å². The zero-order valence-electron chi connectivity index (χ0n) is 11.9. The number of rotatable bonds is 5. The van der Waals surface area contributed by atoms with Crippen LogP contribution in [0.4, 0.5) is 5.69 Å². The molecule has 0 saturated carbocycles. The summed E-state index contributed by atoms with van der Waals surface area (Å²) >= 11 is 0. The molecule has 0 bridgehead atoms. The first-order valence-electron chi connectivity index (χ1n) is 7.00. The van der Waals surface area contributed by atoms with Crippen LogP contribution in [0.15, 0.2) is 24.3 Å². The Balaban J connectivity index is 2.30. The van der Waals surface area contributed by atoms with E-state index in [1.807, 2.05) is 38.1 Å². The molecule has 1 fully saturated rings. The topological polar surface area (TPSA) is 58.6 Å². The van der Waals surface area contributed by atoms with Gasteiger partial charge < -0.3 is 10.1 Å². The van der Waals surface area contributed by atoms with Gasteiger partial charge in [0.1, 0.15) is 18.3 Å². The molecule has 1 aromatic rings. The van der Waals surface area contributed by atoms with Crippen LogP contribution >= 0.6 is 0 Å². The SMILES string of the molecule is CCCC1NC(=O)CN(c2ccccc2OCC)C1=O. The van der Waals surface area contributed by atoms with E-state index in [4.69, 9.17) is 4.74 Å². The highest BCUT2D eigenvalue weighted by atomic mass is 16.5. The predicted molar refractivity (Wildman–Crippen MR) is 76.8 cm³/mol. The molecular weight excluding hydrogens is 256 g/mol. The van der Waals surface area contributed by atoms with E-state index in [-0.39, 0.29) is 18.4 Å². The predicted octanol–water partition coefficient (Wildman–Crippen LogP) is 1.72. The fourth-order valence-electron chi connectivity index (χ4n) is 2.36. The Labute approximate surface area is 118 Å². The molecule has 1 saturated heterocycles. The lowest BCUT2D eigenvalue weighted by atomic mass is 10.1. The molecule has 0 spiro atoms. The Hall–Kier alpha value is -2.04. The molecule has 108 valence electrons. The van der Waals surface area contributed by atoms with Crippen molar-refractivity contribution in [2.24, 2.45) is 0 Å². The second-order valence-corrected chi connectivity index (χ2v) is 4.73. The van der Waals surface area contributed by atoms with E-state index in [1.165, 1.54) is 4.90 Å². The summed E-state index contributed by atoms with van der Waals surface area (Å²) in [5.74, 6) is 0.432. The maximum absolute atomic E-state index is 12.5. The minimum Gasteiger partial charge on any atom is -0.492 e. The third-order valence-corrected chi connectivity index (χ3v) is 3.23. The molecule has 5 heteroatoms. The summed E-state index contributed by atoms with van der Waals surface area (Å²) in [6, 6.07) is 6.88. The monoisotopic (exact) mass is 276 g/mol. The van der Waals surface area contributed by atoms with Gasteiger partial charge in [-0.15, -0.1) is 0 Å². The van der Waals surface area contributed by atoms with Gasteiger partial charge in [-0.25, -0.2) is 0 Å². The maximum atomic E-state index is 12.5. The van der Waals surface area contributed by atoms with Gasteiger partial charge in [-0.05, 0) is 25.5 Å². The van der Waals surface area contributed by atoms with Crippen molar-refractivity contribution in [2.75, 3.05) is 18.1 Å². The molecule has 1 unspecified atom stereocenters. The number of amides is 2.